The van der Waals surface area contributed by atoms with Crippen LogP contribution in [0.3, 0.4) is 0 Å². The van der Waals surface area contributed by atoms with Gasteiger partial charge < -0.3 is 16.8 Å². The van der Waals surface area contributed by atoms with Crippen molar-refractivity contribution >= 4 is 40.6 Å². The number of primary amides is 1. The molecule has 1 aromatic heterocycles. The Bertz CT molecular complexity index is 990. The zero-order chi connectivity index (χ0) is 23.3. The summed E-state index contributed by atoms with van der Waals surface area (Å²) in [5.74, 6) is -2.31. The summed E-state index contributed by atoms with van der Waals surface area (Å²) in [5.41, 5.74) is 11.2. The molecule has 0 spiro atoms. The largest absolute Gasteiger partial charge is 0.395 e. The first-order chi connectivity index (χ1) is 15.3. The SMILES string of the molecule is CCCCC(C(=O)NC1CCCC1)N(C(=O)c1snc(C(N)=O)c1N)c1cccc(F)c1. The van der Waals surface area contributed by atoms with E-state index in [2.05, 4.69) is 9.69 Å². The molecule has 1 saturated carbocycles. The molecule has 1 heterocycles. The molecule has 1 aliphatic rings. The number of halogens is 1. The maximum absolute atomic E-state index is 14.1. The van der Waals surface area contributed by atoms with Gasteiger partial charge in [0.05, 0.1) is 5.69 Å². The van der Waals surface area contributed by atoms with Crippen molar-refractivity contribution in [2.75, 3.05) is 10.6 Å². The van der Waals surface area contributed by atoms with Crippen LogP contribution in [0.25, 0.3) is 0 Å². The maximum Gasteiger partial charge on any atom is 0.272 e. The predicted octanol–water partition coefficient (Wildman–Crippen LogP) is 3.23. The number of amides is 3. The van der Waals surface area contributed by atoms with Gasteiger partial charge in [-0.15, -0.1) is 0 Å². The third-order valence-corrected chi connectivity index (χ3v) is 6.46. The van der Waals surface area contributed by atoms with E-state index in [1.54, 1.807) is 6.07 Å². The molecule has 1 fully saturated rings. The lowest BCUT2D eigenvalue weighted by molar-refractivity contribution is -0.123. The minimum Gasteiger partial charge on any atom is -0.395 e. The Balaban J connectivity index is 2.03. The van der Waals surface area contributed by atoms with Crippen molar-refractivity contribution in [1.29, 1.82) is 0 Å². The Morgan fingerprint density at radius 3 is 2.62 bits per heavy atom. The number of anilines is 2. The molecule has 3 rings (SSSR count). The summed E-state index contributed by atoms with van der Waals surface area (Å²) in [6.45, 7) is 1.99. The number of carbonyl (C=O) groups is 3. The Morgan fingerprint density at radius 2 is 2.03 bits per heavy atom. The summed E-state index contributed by atoms with van der Waals surface area (Å²) < 4.78 is 18.0. The summed E-state index contributed by atoms with van der Waals surface area (Å²) >= 11 is 0.733. The quantitative estimate of drug-likeness (QED) is 0.528. The Labute approximate surface area is 190 Å². The minimum atomic E-state index is -0.872. The van der Waals surface area contributed by atoms with Crippen LogP contribution in [0.1, 0.15) is 72.0 Å². The number of hydrogen-bond acceptors (Lipinski definition) is 6. The van der Waals surface area contributed by atoms with Gasteiger partial charge in [-0.2, -0.15) is 4.37 Å². The number of aromatic nitrogens is 1. The van der Waals surface area contributed by atoms with Crippen LogP contribution in [0.4, 0.5) is 15.8 Å². The summed E-state index contributed by atoms with van der Waals surface area (Å²) in [7, 11) is 0. The lowest BCUT2D eigenvalue weighted by Gasteiger charge is -2.32. The highest BCUT2D eigenvalue weighted by Gasteiger charge is 2.35. The summed E-state index contributed by atoms with van der Waals surface area (Å²) in [6.07, 6.45) is 5.76. The average Bonchev–Trinajstić information content (AvgIpc) is 3.40. The second kappa shape index (κ2) is 10.5. The van der Waals surface area contributed by atoms with Crippen LogP contribution in [0.5, 0.6) is 0 Å². The van der Waals surface area contributed by atoms with Crippen molar-refractivity contribution < 1.29 is 18.8 Å². The van der Waals surface area contributed by atoms with E-state index in [4.69, 9.17) is 11.5 Å². The molecule has 1 atom stereocenters. The molecule has 5 N–H and O–H groups in total. The van der Waals surface area contributed by atoms with Crippen molar-refractivity contribution in [3.8, 4) is 0 Å². The van der Waals surface area contributed by atoms with Gasteiger partial charge in [-0.1, -0.05) is 38.7 Å². The number of unbranched alkanes of at least 4 members (excludes halogenated alkanes) is 1. The number of nitrogen functional groups attached to an aromatic ring is 1. The third-order valence-electron chi connectivity index (χ3n) is 5.61. The third kappa shape index (κ3) is 5.24. The molecule has 0 bridgehead atoms. The van der Waals surface area contributed by atoms with Crippen molar-refractivity contribution in [1.82, 2.24) is 9.69 Å². The minimum absolute atomic E-state index is 0.0155. The Morgan fingerprint density at radius 1 is 1.31 bits per heavy atom. The first-order valence-electron chi connectivity index (χ1n) is 10.8. The van der Waals surface area contributed by atoms with E-state index in [9.17, 15) is 18.8 Å². The van der Waals surface area contributed by atoms with Gasteiger partial charge >= 0.3 is 0 Å². The molecule has 1 aromatic carbocycles. The summed E-state index contributed by atoms with van der Waals surface area (Å²) in [5, 5.41) is 3.05. The van der Waals surface area contributed by atoms with E-state index >= 15 is 0 Å². The number of carbonyl (C=O) groups excluding carboxylic acids is 3. The molecule has 0 aliphatic heterocycles. The van der Waals surface area contributed by atoms with E-state index < -0.39 is 23.7 Å². The van der Waals surface area contributed by atoms with Crippen molar-refractivity contribution in [3.63, 3.8) is 0 Å². The fourth-order valence-corrected chi connectivity index (χ4v) is 4.69. The molecule has 0 saturated heterocycles. The molecule has 1 aliphatic carbocycles. The molecule has 10 heteroatoms. The number of nitrogens with zero attached hydrogens (tertiary/aromatic N) is 2. The van der Waals surface area contributed by atoms with Gasteiger partial charge in [0.2, 0.25) is 5.91 Å². The second-order valence-electron chi connectivity index (χ2n) is 7.94. The molecule has 0 radical (unpaired) electrons. The van der Waals surface area contributed by atoms with E-state index in [0.717, 1.165) is 43.6 Å². The molecule has 172 valence electrons. The molecular weight excluding hydrogens is 433 g/mol. The van der Waals surface area contributed by atoms with Crippen LogP contribution in [0, 0.1) is 5.82 Å². The van der Waals surface area contributed by atoms with Crippen LogP contribution in [0.15, 0.2) is 24.3 Å². The van der Waals surface area contributed by atoms with Crippen LogP contribution in [-0.2, 0) is 4.79 Å². The highest BCUT2D eigenvalue weighted by atomic mass is 32.1. The molecule has 3 amide bonds. The van der Waals surface area contributed by atoms with Gasteiger partial charge in [-0.3, -0.25) is 19.3 Å². The smallest absolute Gasteiger partial charge is 0.272 e. The van der Waals surface area contributed by atoms with Crippen LogP contribution >= 0.6 is 11.5 Å². The molecule has 32 heavy (non-hydrogen) atoms. The van der Waals surface area contributed by atoms with Crippen LogP contribution < -0.4 is 21.7 Å². The fourth-order valence-electron chi connectivity index (χ4n) is 3.95. The van der Waals surface area contributed by atoms with Crippen molar-refractivity contribution in [2.24, 2.45) is 5.73 Å². The Kier molecular flexibility index (Phi) is 7.79. The van der Waals surface area contributed by atoms with Crippen LogP contribution in [0.2, 0.25) is 0 Å². The monoisotopic (exact) mass is 461 g/mol. The highest BCUT2D eigenvalue weighted by molar-refractivity contribution is 7.09. The number of rotatable bonds is 9. The lowest BCUT2D eigenvalue weighted by Crippen LogP contribution is -2.52. The molecule has 8 nitrogen and oxygen atoms in total. The Hall–Kier alpha value is -3.01. The van der Waals surface area contributed by atoms with Gasteiger partial charge in [-0.05, 0) is 49.0 Å². The van der Waals surface area contributed by atoms with Gasteiger partial charge in [0, 0.05) is 11.7 Å². The number of nitrogens with two attached hydrogens (primary N) is 2. The van der Waals surface area contributed by atoms with E-state index in [-0.39, 0.29) is 33.9 Å². The summed E-state index contributed by atoms with van der Waals surface area (Å²) in [4.78, 5) is 39.8. The molecule has 1 unspecified atom stereocenters. The topological polar surface area (TPSA) is 131 Å². The first kappa shape index (κ1) is 23.6. The zero-order valence-corrected chi connectivity index (χ0v) is 18.8. The van der Waals surface area contributed by atoms with Gasteiger partial charge in [0.1, 0.15) is 16.7 Å². The van der Waals surface area contributed by atoms with Crippen LogP contribution in [-0.4, -0.2) is 34.2 Å². The first-order valence-corrected chi connectivity index (χ1v) is 11.5. The van der Waals surface area contributed by atoms with Gasteiger partial charge in [0.25, 0.3) is 11.8 Å². The summed E-state index contributed by atoms with van der Waals surface area (Å²) in [6, 6.07) is 4.69. The number of hydrogen-bond donors (Lipinski definition) is 3. The lowest BCUT2D eigenvalue weighted by atomic mass is 10.0. The standard InChI is InChI=1S/C22H28FN5O3S/c1-2-3-11-16(21(30)26-14-8-4-5-9-14)28(15-10-6-7-13(23)12-15)22(31)19-17(24)18(20(25)29)27-32-19/h6-7,10,12,14,16H,2-5,8-9,11,24H2,1H3,(H2,25,29)(H,26,30). The van der Waals surface area contributed by atoms with Crippen molar-refractivity contribution in [3.05, 3.63) is 40.7 Å². The maximum atomic E-state index is 14.1. The number of benzene rings is 1. The highest BCUT2D eigenvalue weighted by Crippen LogP contribution is 2.29. The van der Waals surface area contributed by atoms with E-state index in [1.807, 2.05) is 6.92 Å². The average molecular weight is 462 g/mol. The van der Waals surface area contributed by atoms with Gasteiger partial charge in [-0.25, -0.2) is 4.39 Å². The second-order valence-corrected chi connectivity index (χ2v) is 8.71. The molecule has 2 aromatic rings. The normalized spacial score (nSPS) is 14.8. The fraction of sp³-hybridized carbons (Fsp3) is 0.455. The van der Waals surface area contributed by atoms with E-state index in [1.165, 1.54) is 23.1 Å². The zero-order valence-electron chi connectivity index (χ0n) is 18.0. The van der Waals surface area contributed by atoms with Crippen molar-refractivity contribution in [2.45, 2.75) is 64.0 Å². The van der Waals surface area contributed by atoms with E-state index in [0.29, 0.717) is 12.8 Å². The van der Waals surface area contributed by atoms with Gasteiger partial charge in [0.15, 0.2) is 5.69 Å². The number of nitrogens with one attached hydrogen (secondary N) is 1. The predicted molar refractivity (Wildman–Crippen MR) is 122 cm³/mol. The molecular formula is C22H28FN5O3S.